The predicted molar refractivity (Wildman–Crippen MR) is 112 cm³/mol. The van der Waals surface area contributed by atoms with Gasteiger partial charge in [0.1, 0.15) is 0 Å². The highest BCUT2D eigenvalue weighted by Crippen LogP contribution is 2.45. The lowest BCUT2D eigenvalue weighted by molar-refractivity contribution is -0.710. The molecular formula is C25H36N+. The Hall–Kier alpha value is -1.63. The van der Waals surface area contributed by atoms with E-state index >= 15 is 0 Å². The number of aromatic nitrogens is 1. The molecule has 0 N–H and O–H groups in total. The number of aryl methyl sites for hydroxylation is 3. The fraction of sp³-hybridized carbons (Fsp3) is 0.560. The molecule has 2 heterocycles. The Morgan fingerprint density at radius 1 is 1.04 bits per heavy atom. The van der Waals surface area contributed by atoms with Crippen LogP contribution in [-0.4, -0.2) is 0 Å². The van der Waals surface area contributed by atoms with Crippen molar-refractivity contribution in [1.29, 1.82) is 0 Å². The number of rotatable bonds is 5. The van der Waals surface area contributed by atoms with Crippen molar-refractivity contribution in [1.82, 2.24) is 0 Å². The van der Waals surface area contributed by atoms with Gasteiger partial charge in [-0.2, -0.15) is 4.57 Å². The van der Waals surface area contributed by atoms with Crippen molar-refractivity contribution >= 4 is 0 Å². The van der Waals surface area contributed by atoms with Crippen molar-refractivity contribution in [3.63, 3.8) is 0 Å². The highest BCUT2D eigenvalue weighted by molar-refractivity contribution is 5.66. The number of hydrogen-bond donors (Lipinski definition) is 0. The van der Waals surface area contributed by atoms with E-state index < -0.39 is 0 Å². The van der Waals surface area contributed by atoms with E-state index in [0.29, 0.717) is 6.04 Å². The van der Waals surface area contributed by atoms with E-state index in [1.807, 2.05) is 0 Å². The maximum absolute atomic E-state index is 2.55. The van der Waals surface area contributed by atoms with Crippen LogP contribution in [0.2, 0.25) is 0 Å². The first-order valence-electron chi connectivity index (χ1n) is 10.6. The maximum atomic E-state index is 2.55. The fourth-order valence-electron chi connectivity index (χ4n) is 4.85. The second kappa shape index (κ2) is 7.55. The topological polar surface area (TPSA) is 3.88 Å². The first-order valence-corrected chi connectivity index (χ1v) is 10.6. The third-order valence-electron chi connectivity index (χ3n) is 6.85. The Morgan fingerprint density at radius 3 is 2.42 bits per heavy atom. The minimum absolute atomic E-state index is 0.284. The van der Waals surface area contributed by atoms with Gasteiger partial charge in [-0.05, 0) is 69.2 Å². The molecule has 1 nitrogen and oxygen atoms in total. The van der Waals surface area contributed by atoms with Gasteiger partial charge in [-0.3, -0.25) is 0 Å². The average Bonchev–Trinajstić information content (AvgIpc) is 2.74. The summed E-state index contributed by atoms with van der Waals surface area (Å²) in [7, 11) is 0. The van der Waals surface area contributed by atoms with Gasteiger partial charge in [0.2, 0.25) is 5.69 Å². The molecule has 0 saturated heterocycles. The van der Waals surface area contributed by atoms with Crippen LogP contribution in [-0.2, 0) is 11.8 Å². The Bertz CT molecular complexity index is 783. The van der Waals surface area contributed by atoms with Gasteiger partial charge in [0.05, 0.1) is 5.56 Å². The molecule has 1 aliphatic rings. The molecule has 0 fully saturated rings. The monoisotopic (exact) mass is 350 g/mol. The average molecular weight is 351 g/mol. The largest absolute Gasteiger partial charge is 0.213 e. The minimum atomic E-state index is 0.284. The molecule has 1 atom stereocenters. The smallest absolute Gasteiger partial charge is 0.196 e. The van der Waals surface area contributed by atoms with Gasteiger partial charge in [-0.1, -0.05) is 39.3 Å². The summed E-state index contributed by atoms with van der Waals surface area (Å²) in [5.41, 5.74) is 9.03. The third-order valence-corrected chi connectivity index (χ3v) is 6.85. The van der Waals surface area contributed by atoms with E-state index in [1.165, 1.54) is 66.5 Å². The molecule has 1 aromatic carbocycles. The van der Waals surface area contributed by atoms with E-state index in [2.05, 4.69) is 76.6 Å². The van der Waals surface area contributed by atoms with Crippen LogP contribution in [0.15, 0.2) is 30.5 Å². The van der Waals surface area contributed by atoms with Crippen molar-refractivity contribution in [2.45, 2.75) is 91.5 Å². The number of nitrogens with zero attached hydrogens (tertiary/aromatic N) is 1. The van der Waals surface area contributed by atoms with E-state index in [-0.39, 0.29) is 5.41 Å². The van der Waals surface area contributed by atoms with Crippen molar-refractivity contribution < 1.29 is 4.57 Å². The van der Waals surface area contributed by atoms with Crippen LogP contribution in [0.1, 0.15) is 88.1 Å². The van der Waals surface area contributed by atoms with Crippen molar-refractivity contribution in [2.24, 2.45) is 0 Å². The number of pyridine rings is 1. The van der Waals surface area contributed by atoms with Gasteiger partial charge >= 0.3 is 0 Å². The molecule has 1 aromatic heterocycles. The molecule has 1 aliphatic heterocycles. The summed E-state index contributed by atoms with van der Waals surface area (Å²) in [6.45, 7) is 13.9. The van der Waals surface area contributed by atoms with E-state index in [4.69, 9.17) is 0 Å². The standard InChI is InChI=1S/C25H36N/c1-7-10-11-21-12-13-23-22(15-21)24-14-18(4)19(5)17-26(24)20(6)16-25(23,8-2)9-3/h12-15,17,20H,7-11,16H2,1-6H3/q+1. The molecule has 3 rings (SSSR count). The molecule has 140 valence electrons. The molecule has 1 unspecified atom stereocenters. The van der Waals surface area contributed by atoms with Crippen molar-refractivity contribution in [3.8, 4) is 11.3 Å². The summed E-state index contributed by atoms with van der Waals surface area (Å²) in [4.78, 5) is 0. The van der Waals surface area contributed by atoms with Gasteiger partial charge in [-0.15, -0.1) is 0 Å². The second-order valence-corrected chi connectivity index (χ2v) is 8.46. The van der Waals surface area contributed by atoms with Crippen molar-refractivity contribution in [2.75, 3.05) is 0 Å². The van der Waals surface area contributed by atoms with Gasteiger partial charge in [0.15, 0.2) is 12.2 Å². The highest BCUT2D eigenvalue weighted by atomic mass is 15.0. The predicted octanol–water partition coefficient (Wildman–Crippen LogP) is 6.62. The molecule has 0 bridgehead atoms. The zero-order chi connectivity index (χ0) is 18.9. The minimum Gasteiger partial charge on any atom is -0.196 e. The molecule has 0 spiro atoms. The van der Waals surface area contributed by atoms with Crippen molar-refractivity contribution in [3.05, 3.63) is 52.7 Å². The van der Waals surface area contributed by atoms with Crippen LogP contribution in [0, 0.1) is 13.8 Å². The van der Waals surface area contributed by atoms with Crippen LogP contribution in [0.4, 0.5) is 0 Å². The summed E-state index contributed by atoms with van der Waals surface area (Å²) in [5, 5.41) is 0. The second-order valence-electron chi connectivity index (χ2n) is 8.46. The number of unbranched alkanes of at least 4 members (excludes halogenated alkanes) is 1. The summed E-state index contributed by atoms with van der Waals surface area (Å²) in [5.74, 6) is 0. The van der Waals surface area contributed by atoms with Crippen LogP contribution < -0.4 is 4.57 Å². The summed E-state index contributed by atoms with van der Waals surface area (Å²) in [6.07, 6.45) is 9.75. The molecule has 2 aromatic rings. The van der Waals surface area contributed by atoms with E-state index in [9.17, 15) is 0 Å². The number of benzene rings is 1. The molecular weight excluding hydrogens is 314 g/mol. The zero-order valence-electron chi connectivity index (χ0n) is 17.7. The SMILES string of the molecule is CCCCc1ccc2c(c1)-c1cc(C)c(C)c[n+]1C(C)CC2(CC)CC. The Balaban J connectivity index is 2.28. The van der Waals surface area contributed by atoms with E-state index in [1.54, 1.807) is 5.56 Å². The highest BCUT2D eigenvalue weighted by Gasteiger charge is 2.40. The molecule has 0 saturated carbocycles. The lowest BCUT2D eigenvalue weighted by Gasteiger charge is -2.32. The Kier molecular flexibility index (Phi) is 5.55. The lowest BCUT2D eigenvalue weighted by atomic mass is 9.70. The van der Waals surface area contributed by atoms with Crippen LogP contribution in [0.5, 0.6) is 0 Å². The molecule has 0 aliphatic carbocycles. The lowest BCUT2D eigenvalue weighted by Crippen LogP contribution is -2.41. The molecule has 1 heteroatoms. The van der Waals surface area contributed by atoms with E-state index in [0.717, 1.165) is 0 Å². The quantitative estimate of drug-likeness (QED) is 0.533. The first-order chi connectivity index (χ1) is 12.5. The molecule has 0 amide bonds. The number of hydrogen-bond acceptors (Lipinski definition) is 0. The molecule has 26 heavy (non-hydrogen) atoms. The fourth-order valence-corrected chi connectivity index (χ4v) is 4.85. The van der Waals surface area contributed by atoms with Gasteiger partial charge in [0.25, 0.3) is 0 Å². The Morgan fingerprint density at radius 2 is 1.77 bits per heavy atom. The first kappa shape index (κ1) is 19.1. The van der Waals surface area contributed by atoms with Crippen LogP contribution in [0.3, 0.4) is 0 Å². The normalized spacial score (nSPS) is 18.2. The van der Waals surface area contributed by atoms with Crippen LogP contribution >= 0.6 is 0 Å². The maximum Gasteiger partial charge on any atom is 0.213 e. The third kappa shape index (κ3) is 3.21. The summed E-state index contributed by atoms with van der Waals surface area (Å²) >= 11 is 0. The van der Waals surface area contributed by atoms with Gasteiger partial charge in [0, 0.05) is 23.5 Å². The Labute approximate surface area is 160 Å². The summed E-state index contributed by atoms with van der Waals surface area (Å²) < 4.78 is 2.55. The van der Waals surface area contributed by atoms with Gasteiger partial charge < -0.3 is 0 Å². The van der Waals surface area contributed by atoms with Gasteiger partial charge in [-0.25, -0.2) is 0 Å². The zero-order valence-corrected chi connectivity index (χ0v) is 17.7. The summed E-state index contributed by atoms with van der Waals surface area (Å²) in [6, 6.07) is 10.3. The number of fused-ring (bicyclic) bond motifs is 3. The van der Waals surface area contributed by atoms with Crippen LogP contribution in [0.25, 0.3) is 11.3 Å². The molecule has 0 radical (unpaired) electrons.